The van der Waals surface area contributed by atoms with E-state index in [1.54, 1.807) is 0 Å². The quantitative estimate of drug-likeness (QED) is 0.389. The molecule has 0 spiro atoms. The summed E-state index contributed by atoms with van der Waals surface area (Å²) in [5.74, 6) is 6.05. The third kappa shape index (κ3) is 3.31. The van der Waals surface area contributed by atoms with Gasteiger partial charge in [-0.3, -0.25) is 15.5 Å². The molecule has 1 aromatic rings. The summed E-state index contributed by atoms with van der Waals surface area (Å²) < 4.78 is 0. The molecule has 0 amide bonds. The molecular weight excluding hydrogens is 262 g/mol. The number of rotatable bonds is 6. The Morgan fingerprint density at radius 3 is 3.05 bits per heavy atom. The largest absolute Gasteiger partial charge is 0.364 e. The van der Waals surface area contributed by atoms with Gasteiger partial charge in [-0.15, -0.1) is 0 Å². The molecule has 4 N–H and O–H groups in total. The maximum absolute atomic E-state index is 10.9. The first-order chi connectivity index (χ1) is 9.63. The second-order valence-corrected chi connectivity index (χ2v) is 4.76. The van der Waals surface area contributed by atoms with Crippen LogP contribution in [0.4, 0.5) is 17.5 Å². The van der Waals surface area contributed by atoms with E-state index >= 15 is 0 Å². The summed E-state index contributed by atoms with van der Waals surface area (Å²) in [6.45, 7) is 5.89. The monoisotopic (exact) mass is 281 g/mol. The van der Waals surface area contributed by atoms with E-state index in [1.807, 2.05) is 0 Å². The lowest BCUT2D eigenvalue weighted by molar-refractivity contribution is -0.384. The lowest BCUT2D eigenvalue weighted by Gasteiger charge is -2.14. The van der Waals surface area contributed by atoms with Crippen LogP contribution in [-0.2, 0) is 0 Å². The molecule has 1 fully saturated rings. The van der Waals surface area contributed by atoms with E-state index in [0.717, 1.165) is 32.3 Å². The van der Waals surface area contributed by atoms with Crippen molar-refractivity contribution in [3.05, 3.63) is 16.3 Å². The maximum atomic E-state index is 10.9. The SMILES string of the molecule is CCN1CCC(CNc2nc(NN)ncc2[N+](=O)[O-])C1. The van der Waals surface area contributed by atoms with Gasteiger partial charge >= 0.3 is 5.69 Å². The summed E-state index contributed by atoms with van der Waals surface area (Å²) in [5, 5.41) is 14.0. The van der Waals surface area contributed by atoms with E-state index in [0.29, 0.717) is 12.5 Å². The lowest BCUT2D eigenvalue weighted by atomic mass is 10.1. The Bertz CT molecular complexity index is 482. The predicted octanol–water partition coefficient (Wildman–Crippen LogP) is 0.424. The number of nitrogens with one attached hydrogen (secondary N) is 2. The highest BCUT2D eigenvalue weighted by Crippen LogP contribution is 2.23. The number of nitrogens with two attached hydrogens (primary N) is 1. The Hall–Kier alpha value is -2.00. The third-order valence-electron chi connectivity index (χ3n) is 3.47. The number of nitro groups is 1. The van der Waals surface area contributed by atoms with Crippen molar-refractivity contribution in [1.29, 1.82) is 0 Å². The van der Waals surface area contributed by atoms with Crippen molar-refractivity contribution in [2.24, 2.45) is 11.8 Å². The van der Waals surface area contributed by atoms with E-state index in [4.69, 9.17) is 5.84 Å². The molecule has 1 saturated heterocycles. The molecule has 2 rings (SSSR count). The van der Waals surface area contributed by atoms with Crippen LogP contribution in [0.2, 0.25) is 0 Å². The highest BCUT2D eigenvalue weighted by atomic mass is 16.6. The summed E-state index contributed by atoms with van der Waals surface area (Å²) in [6, 6.07) is 0. The molecule has 0 saturated carbocycles. The van der Waals surface area contributed by atoms with Gasteiger partial charge in [0.15, 0.2) is 0 Å². The van der Waals surface area contributed by atoms with Crippen molar-refractivity contribution in [3.8, 4) is 0 Å². The Labute approximate surface area is 116 Å². The van der Waals surface area contributed by atoms with Crippen LogP contribution in [0.3, 0.4) is 0 Å². The van der Waals surface area contributed by atoms with Gasteiger partial charge in [0.1, 0.15) is 6.20 Å². The zero-order valence-electron chi connectivity index (χ0n) is 11.4. The van der Waals surface area contributed by atoms with Crippen molar-refractivity contribution in [2.75, 3.05) is 36.9 Å². The Morgan fingerprint density at radius 2 is 2.45 bits per heavy atom. The fourth-order valence-corrected chi connectivity index (χ4v) is 2.32. The molecule has 1 aliphatic heterocycles. The fourth-order valence-electron chi connectivity index (χ4n) is 2.32. The minimum atomic E-state index is -0.504. The molecule has 0 aliphatic carbocycles. The molecule has 9 nitrogen and oxygen atoms in total. The van der Waals surface area contributed by atoms with E-state index in [2.05, 4.69) is 32.5 Å². The molecule has 1 aliphatic rings. The summed E-state index contributed by atoms with van der Waals surface area (Å²) in [5.41, 5.74) is 2.14. The minimum absolute atomic E-state index is 0.144. The van der Waals surface area contributed by atoms with Gasteiger partial charge in [-0.25, -0.2) is 10.8 Å². The van der Waals surface area contributed by atoms with Gasteiger partial charge in [0.2, 0.25) is 11.8 Å². The summed E-state index contributed by atoms with van der Waals surface area (Å²) in [7, 11) is 0. The molecule has 2 heterocycles. The van der Waals surface area contributed by atoms with E-state index in [9.17, 15) is 10.1 Å². The highest BCUT2D eigenvalue weighted by Gasteiger charge is 2.23. The molecule has 0 radical (unpaired) electrons. The zero-order chi connectivity index (χ0) is 14.5. The molecule has 1 atom stereocenters. The number of hydrogen-bond acceptors (Lipinski definition) is 8. The first kappa shape index (κ1) is 14.4. The minimum Gasteiger partial charge on any atom is -0.364 e. The highest BCUT2D eigenvalue weighted by molar-refractivity contribution is 5.56. The first-order valence-corrected chi connectivity index (χ1v) is 6.58. The van der Waals surface area contributed by atoms with Gasteiger partial charge in [0.25, 0.3) is 0 Å². The zero-order valence-corrected chi connectivity index (χ0v) is 11.4. The van der Waals surface area contributed by atoms with Gasteiger partial charge in [-0.1, -0.05) is 6.92 Å². The average Bonchev–Trinajstić information content (AvgIpc) is 2.92. The van der Waals surface area contributed by atoms with Gasteiger partial charge in [0, 0.05) is 13.1 Å². The van der Waals surface area contributed by atoms with Crippen molar-refractivity contribution in [1.82, 2.24) is 14.9 Å². The molecule has 1 unspecified atom stereocenters. The standard InChI is InChI=1S/C11H19N7O2/c1-2-17-4-3-8(7-17)5-13-10-9(18(19)20)6-14-11(15-10)16-12/h6,8H,2-5,7,12H2,1H3,(H2,13,14,15,16). The number of nitrogens with zero attached hydrogens (tertiary/aromatic N) is 4. The smallest absolute Gasteiger partial charge is 0.329 e. The summed E-state index contributed by atoms with van der Waals surface area (Å²) in [6.07, 6.45) is 2.24. The van der Waals surface area contributed by atoms with E-state index in [1.165, 1.54) is 0 Å². The summed E-state index contributed by atoms with van der Waals surface area (Å²) in [4.78, 5) is 20.5. The third-order valence-corrected chi connectivity index (χ3v) is 3.47. The van der Waals surface area contributed by atoms with Crippen molar-refractivity contribution in [3.63, 3.8) is 0 Å². The molecular formula is C11H19N7O2. The van der Waals surface area contributed by atoms with Crippen LogP contribution in [0.1, 0.15) is 13.3 Å². The molecule has 0 bridgehead atoms. The van der Waals surface area contributed by atoms with Crippen LogP contribution in [-0.4, -0.2) is 46.0 Å². The number of likely N-dealkylation sites (tertiary alicyclic amines) is 1. The second-order valence-electron chi connectivity index (χ2n) is 4.76. The molecule has 1 aromatic heterocycles. The Balaban J connectivity index is 2.02. The predicted molar refractivity (Wildman–Crippen MR) is 75.2 cm³/mol. The number of anilines is 2. The second kappa shape index (κ2) is 6.44. The van der Waals surface area contributed by atoms with Crippen LogP contribution >= 0.6 is 0 Å². The van der Waals surface area contributed by atoms with Crippen molar-refractivity contribution in [2.45, 2.75) is 13.3 Å². The summed E-state index contributed by atoms with van der Waals surface area (Å²) >= 11 is 0. The van der Waals surface area contributed by atoms with Gasteiger partial charge in [-0.05, 0) is 25.4 Å². The van der Waals surface area contributed by atoms with Crippen LogP contribution in [0.25, 0.3) is 0 Å². The topological polar surface area (TPSA) is 122 Å². The van der Waals surface area contributed by atoms with Crippen molar-refractivity contribution >= 4 is 17.5 Å². The Morgan fingerprint density at radius 1 is 1.65 bits per heavy atom. The number of hydrazine groups is 1. The van der Waals surface area contributed by atoms with E-state index in [-0.39, 0.29) is 17.5 Å². The Kier molecular flexibility index (Phi) is 4.64. The number of hydrogen-bond donors (Lipinski definition) is 3. The van der Waals surface area contributed by atoms with Crippen molar-refractivity contribution < 1.29 is 4.92 Å². The van der Waals surface area contributed by atoms with Gasteiger partial charge in [-0.2, -0.15) is 4.98 Å². The molecule has 0 aromatic carbocycles. The van der Waals surface area contributed by atoms with Crippen LogP contribution in [0.15, 0.2) is 6.20 Å². The van der Waals surface area contributed by atoms with Gasteiger partial charge < -0.3 is 10.2 Å². The molecule has 110 valence electrons. The number of nitrogen functional groups attached to an aromatic ring is 1. The molecule has 20 heavy (non-hydrogen) atoms. The van der Waals surface area contributed by atoms with Crippen LogP contribution in [0, 0.1) is 16.0 Å². The first-order valence-electron chi connectivity index (χ1n) is 6.58. The molecule has 9 heteroatoms. The van der Waals surface area contributed by atoms with E-state index < -0.39 is 4.92 Å². The van der Waals surface area contributed by atoms with Gasteiger partial charge in [0.05, 0.1) is 4.92 Å². The average molecular weight is 281 g/mol. The maximum Gasteiger partial charge on any atom is 0.329 e. The fraction of sp³-hybridized carbons (Fsp3) is 0.636. The van der Waals surface area contributed by atoms with Crippen LogP contribution < -0.4 is 16.6 Å². The van der Waals surface area contributed by atoms with Crippen LogP contribution in [0.5, 0.6) is 0 Å². The normalized spacial score (nSPS) is 19.0. The lowest BCUT2D eigenvalue weighted by Crippen LogP contribution is -2.23. The number of aromatic nitrogens is 2.